The molecule has 116 valence electrons. The van der Waals surface area contributed by atoms with Gasteiger partial charge in [-0.05, 0) is 19.3 Å². The SMILES string of the molecule is CCc1nc(CCNC(=NC)NCC(C)C)sc1C.I. The highest BCUT2D eigenvalue weighted by Crippen LogP contribution is 2.17. The van der Waals surface area contributed by atoms with Crippen LogP contribution in [0.2, 0.25) is 0 Å². The number of aromatic nitrogens is 1. The number of aliphatic imine (C=N–C) groups is 1. The molecule has 0 saturated heterocycles. The monoisotopic (exact) mass is 410 g/mol. The smallest absolute Gasteiger partial charge is 0.190 e. The van der Waals surface area contributed by atoms with Gasteiger partial charge in [-0.3, -0.25) is 4.99 Å². The van der Waals surface area contributed by atoms with Crippen molar-refractivity contribution in [3.05, 3.63) is 15.6 Å². The first-order valence-corrected chi connectivity index (χ1v) is 7.78. The summed E-state index contributed by atoms with van der Waals surface area (Å²) in [6.07, 6.45) is 1.97. The summed E-state index contributed by atoms with van der Waals surface area (Å²) in [5, 5.41) is 7.84. The van der Waals surface area contributed by atoms with Crippen LogP contribution >= 0.6 is 35.3 Å². The zero-order chi connectivity index (χ0) is 14.3. The molecule has 0 aliphatic rings. The molecule has 0 atom stereocenters. The van der Waals surface area contributed by atoms with E-state index in [1.165, 1.54) is 15.6 Å². The number of guanidine groups is 1. The van der Waals surface area contributed by atoms with Crippen molar-refractivity contribution < 1.29 is 0 Å². The molecule has 1 aromatic rings. The first kappa shape index (κ1) is 19.6. The second kappa shape index (κ2) is 10.4. The number of hydrogen-bond donors (Lipinski definition) is 2. The van der Waals surface area contributed by atoms with Gasteiger partial charge < -0.3 is 10.6 Å². The maximum Gasteiger partial charge on any atom is 0.190 e. The Kier molecular flexibility index (Phi) is 10.2. The number of nitrogens with zero attached hydrogens (tertiary/aromatic N) is 2. The van der Waals surface area contributed by atoms with Crippen LogP contribution in [0, 0.1) is 12.8 Å². The fourth-order valence-electron chi connectivity index (χ4n) is 1.73. The highest BCUT2D eigenvalue weighted by atomic mass is 127. The van der Waals surface area contributed by atoms with Crippen molar-refractivity contribution in [2.24, 2.45) is 10.9 Å². The van der Waals surface area contributed by atoms with Crippen LogP contribution in [0.3, 0.4) is 0 Å². The van der Waals surface area contributed by atoms with Crippen LogP contribution in [0.1, 0.15) is 36.3 Å². The quantitative estimate of drug-likeness (QED) is 0.431. The third kappa shape index (κ3) is 6.88. The van der Waals surface area contributed by atoms with Gasteiger partial charge in [0.25, 0.3) is 0 Å². The molecule has 20 heavy (non-hydrogen) atoms. The fourth-order valence-corrected chi connectivity index (χ4v) is 2.75. The Morgan fingerprint density at radius 3 is 2.55 bits per heavy atom. The van der Waals surface area contributed by atoms with Gasteiger partial charge in [0.05, 0.1) is 10.7 Å². The molecule has 4 nitrogen and oxygen atoms in total. The van der Waals surface area contributed by atoms with Gasteiger partial charge in [-0.2, -0.15) is 0 Å². The Hall–Kier alpha value is -0.370. The van der Waals surface area contributed by atoms with E-state index in [4.69, 9.17) is 0 Å². The lowest BCUT2D eigenvalue weighted by Gasteiger charge is -2.12. The van der Waals surface area contributed by atoms with Crippen molar-refractivity contribution in [1.29, 1.82) is 0 Å². The Labute approximate surface area is 143 Å². The molecule has 0 aliphatic heterocycles. The Balaban J connectivity index is 0.00000361. The predicted octanol–water partition coefficient (Wildman–Crippen LogP) is 3.00. The van der Waals surface area contributed by atoms with Crippen molar-refractivity contribution in [1.82, 2.24) is 15.6 Å². The molecule has 0 aromatic carbocycles. The Morgan fingerprint density at radius 2 is 2.05 bits per heavy atom. The highest BCUT2D eigenvalue weighted by molar-refractivity contribution is 14.0. The zero-order valence-corrected chi connectivity index (χ0v) is 16.3. The van der Waals surface area contributed by atoms with Gasteiger partial charge in [0.15, 0.2) is 5.96 Å². The van der Waals surface area contributed by atoms with Crippen molar-refractivity contribution in [3.63, 3.8) is 0 Å². The molecule has 6 heteroatoms. The third-order valence-corrected chi connectivity index (χ3v) is 3.88. The van der Waals surface area contributed by atoms with Gasteiger partial charge in [0.2, 0.25) is 0 Å². The van der Waals surface area contributed by atoms with E-state index in [1.807, 2.05) is 0 Å². The first-order chi connectivity index (χ1) is 9.06. The summed E-state index contributed by atoms with van der Waals surface area (Å²) in [6, 6.07) is 0. The molecule has 0 fully saturated rings. The van der Waals surface area contributed by atoms with Crippen molar-refractivity contribution >= 4 is 41.3 Å². The summed E-state index contributed by atoms with van der Waals surface area (Å²) in [5.74, 6) is 1.49. The Morgan fingerprint density at radius 1 is 1.35 bits per heavy atom. The second-order valence-electron chi connectivity index (χ2n) is 4.99. The minimum Gasteiger partial charge on any atom is -0.356 e. The first-order valence-electron chi connectivity index (χ1n) is 6.96. The van der Waals surface area contributed by atoms with Gasteiger partial charge in [0, 0.05) is 31.4 Å². The van der Waals surface area contributed by atoms with Crippen LogP contribution in [0.4, 0.5) is 0 Å². The van der Waals surface area contributed by atoms with E-state index in [9.17, 15) is 0 Å². The number of rotatable bonds is 6. The molecule has 1 rings (SSSR count). The van der Waals surface area contributed by atoms with Gasteiger partial charge in [-0.15, -0.1) is 35.3 Å². The molecule has 0 amide bonds. The van der Waals surface area contributed by atoms with Gasteiger partial charge >= 0.3 is 0 Å². The molecule has 0 radical (unpaired) electrons. The molecule has 1 aromatic heterocycles. The van der Waals surface area contributed by atoms with Crippen LogP contribution < -0.4 is 10.6 Å². The molecule has 0 bridgehead atoms. The summed E-state index contributed by atoms with van der Waals surface area (Å²) in [5.41, 5.74) is 1.24. The predicted molar refractivity (Wildman–Crippen MR) is 99.6 cm³/mol. The molecule has 0 spiro atoms. The van der Waals surface area contributed by atoms with Gasteiger partial charge in [0.1, 0.15) is 0 Å². The van der Waals surface area contributed by atoms with Crippen LogP contribution in [-0.4, -0.2) is 31.1 Å². The zero-order valence-electron chi connectivity index (χ0n) is 13.1. The van der Waals surface area contributed by atoms with Crippen LogP contribution in [0.25, 0.3) is 0 Å². The standard InChI is InChI=1S/C14H26N4S.HI/c1-6-12-11(4)19-13(18-12)7-8-16-14(15-5)17-9-10(2)3;/h10H,6-9H2,1-5H3,(H2,15,16,17);1H. The average molecular weight is 410 g/mol. The molecular formula is C14H27IN4S. The maximum absolute atomic E-state index is 4.64. The van der Waals surface area contributed by atoms with Crippen molar-refractivity contribution in [2.75, 3.05) is 20.1 Å². The molecule has 0 saturated carbocycles. The average Bonchev–Trinajstić information content (AvgIpc) is 2.73. The number of nitrogens with one attached hydrogen (secondary N) is 2. The van der Waals surface area contributed by atoms with E-state index in [2.05, 4.69) is 48.3 Å². The largest absolute Gasteiger partial charge is 0.356 e. The topological polar surface area (TPSA) is 49.3 Å². The maximum atomic E-state index is 4.64. The summed E-state index contributed by atoms with van der Waals surface area (Å²) in [6.45, 7) is 10.5. The lowest BCUT2D eigenvalue weighted by Crippen LogP contribution is -2.39. The van der Waals surface area contributed by atoms with Gasteiger partial charge in [-0.1, -0.05) is 20.8 Å². The second-order valence-corrected chi connectivity index (χ2v) is 6.28. The van der Waals surface area contributed by atoms with Gasteiger partial charge in [-0.25, -0.2) is 4.98 Å². The van der Waals surface area contributed by atoms with Crippen LogP contribution in [0.5, 0.6) is 0 Å². The Bertz CT molecular complexity index is 415. The van der Waals surface area contributed by atoms with Crippen LogP contribution in [0.15, 0.2) is 4.99 Å². The van der Waals surface area contributed by atoms with E-state index in [0.29, 0.717) is 5.92 Å². The molecular weight excluding hydrogens is 383 g/mol. The minimum atomic E-state index is 0. The normalized spacial score (nSPS) is 11.4. The van der Waals surface area contributed by atoms with E-state index < -0.39 is 0 Å². The summed E-state index contributed by atoms with van der Waals surface area (Å²) in [7, 11) is 1.80. The molecule has 2 N–H and O–H groups in total. The number of hydrogen-bond acceptors (Lipinski definition) is 3. The van der Waals surface area contributed by atoms with E-state index in [1.54, 1.807) is 18.4 Å². The van der Waals surface area contributed by atoms with Crippen molar-refractivity contribution in [3.8, 4) is 0 Å². The van der Waals surface area contributed by atoms with E-state index >= 15 is 0 Å². The highest BCUT2D eigenvalue weighted by Gasteiger charge is 2.06. The lowest BCUT2D eigenvalue weighted by atomic mass is 10.2. The van der Waals surface area contributed by atoms with E-state index in [-0.39, 0.29) is 24.0 Å². The van der Waals surface area contributed by atoms with E-state index in [0.717, 1.165) is 31.9 Å². The lowest BCUT2D eigenvalue weighted by molar-refractivity contribution is 0.614. The molecule has 0 unspecified atom stereocenters. The van der Waals surface area contributed by atoms with Crippen LogP contribution in [-0.2, 0) is 12.8 Å². The minimum absolute atomic E-state index is 0. The number of halogens is 1. The molecule has 0 aliphatic carbocycles. The number of aryl methyl sites for hydroxylation is 2. The van der Waals surface area contributed by atoms with Crippen molar-refractivity contribution in [2.45, 2.75) is 40.5 Å². The molecule has 1 heterocycles. The summed E-state index contributed by atoms with van der Waals surface area (Å²) >= 11 is 1.81. The number of thiazole rings is 1. The summed E-state index contributed by atoms with van der Waals surface area (Å²) in [4.78, 5) is 10.2. The fraction of sp³-hybridized carbons (Fsp3) is 0.714. The summed E-state index contributed by atoms with van der Waals surface area (Å²) < 4.78 is 0. The third-order valence-electron chi connectivity index (χ3n) is 2.80.